The Kier molecular flexibility index (Phi) is 3.28. The molecule has 0 saturated heterocycles. The van der Waals surface area contributed by atoms with Crippen LogP contribution in [-0.2, 0) is 4.74 Å². The number of hydrogen-bond donors (Lipinski definition) is 0. The summed E-state index contributed by atoms with van der Waals surface area (Å²) in [5, 5.41) is 0. The van der Waals surface area contributed by atoms with Crippen molar-refractivity contribution in [2.45, 2.75) is 6.92 Å². The molecule has 4 nitrogen and oxygen atoms in total. The van der Waals surface area contributed by atoms with E-state index in [2.05, 4.69) is 4.74 Å². The number of rotatable bonds is 3. The normalized spacial score (nSPS) is 10.1. The molecule has 18 heavy (non-hydrogen) atoms. The summed E-state index contributed by atoms with van der Waals surface area (Å²) in [5.41, 5.74) is 1.61. The van der Waals surface area contributed by atoms with Crippen molar-refractivity contribution >= 4 is 11.8 Å². The Morgan fingerprint density at radius 3 is 2.22 bits per heavy atom. The third kappa shape index (κ3) is 2.32. The van der Waals surface area contributed by atoms with Crippen LogP contribution >= 0.6 is 0 Å². The van der Waals surface area contributed by atoms with Gasteiger partial charge >= 0.3 is 5.97 Å². The van der Waals surface area contributed by atoms with Crippen LogP contribution in [0.5, 0.6) is 0 Å². The smallest absolute Gasteiger partial charge is 0.337 e. The molecule has 0 atom stereocenters. The van der Waals surface area contributed by atoms with Crippen LogP contribution in [0.1, 0.15) is 27.6 Å². The summed E-state index contributed by atoms with van der Waals surface area (Å²) >= 11 is 0. The van der Waals surface area contributed by atoms with Crippen LogP contribution in [0.25, 0.3) is 5.69 Å². The lowest BCUT2D eigenvalue weighted by molar-refractivity contribution is 0.0600. The minimum atomic E-state index is -0.452. The highest BCUT2D eigenvalue weighted by molar-refractivity contribution is 5.98. The van der Waals surface area contributed by atoms with Gasteiger partial charge in [0.25, 0.3) is 0 Å². The number of ketones is 1. The summed E-state index contributed by atoms with van der Waals surface area (Å²) in [6.07, 6.45) is 3.70. The van der Waals surface area contributed by atoms with E-state index in [-0.39, 0.29) is 5.78 Å². The Hall–Kier alpha value is -2.36. The molecule has 0 N–H and O–H groups in total. The Morgan fingerprint density at radius 2 is 1.67 bits per heavy atom. The van der Waals surface area contributed by atoms with Crippen molar-refractivity contribution in [2.24, 2.45) is 0 Å². The van der Waals surface area contributed by atoms with Gasteiger partial charge in [0.05, 0.1) is 12.7 Å². The molecular weight excluding hydrogens is 230 g/mol. The molecule has 0 bridgehead atoms. The highest BCUT2D eigenvalue weighted by Gasteiger charge is 2.11. The molecule has 0 amide bonds. The lowest BCUT2D eigenvalue weighted by Gasteiger charge is -2.08. The van der Waals surface area contributed by atoms with Crippen molar-refractivity contribution < 1.29 is 14.3 Å². The van der Waals surface area contributed by atoms with Crippen LogP contribution in [-0.4, -0.2) is 23.4 Å². The molecule has 4 heteroatoms. The lowest BCUT2D eigenvalue weighted by Crippen LogP contribution is -2.06. The van der Waals surface area contributed by atoms with E-state index >= 15 is 0 Å². The number of aromatic nitrogens is 1. The fourth-order valence-corrected chi connectivity index (χ4v) is 1.71. The zero-order valence-corrected chi connectivity index (χ0v) is 10.2. The number of hydrogen-bond acceptors (Lipinski definition) is 3. The van der Waals surface area contributed by atoms with E-state index in [9.17, 15) is 9.59 Å². The van der Waals surface area contributed by atoms with Gasteiger partial charge < -0.3 is 9.30 Å². The summed E-state index contributed by atoms with van der Waals surface area (Å²) in [6, 6.07) is 8.73. The summed E-state index contributed by atoms with van der Waals surface area (Å²) in [6.45, 7) is 1.47. The van der Waals surface area contributed by atoms with Gasteiger partial charge in [0, 0.05) is 23.6 Å². The van der Waals surface area contributed by atoms with Gasteiger partial charge in [0.1, 0.15) is 0 Å². The monoisotopic (exact) mass is 243 g/mol. The Bertz CT molecular complexity index is 585. The molecule has 0 spiro atoms. The highest BCUT2D eigenvalue weighted by atomic mass is 16.5. The largest absolute Gasteiger partial charge is 0.465 e. The molecule has 1 aromatic heterocycles. The third-order valence-electron chi connectivity index (χ3n) is 2.65. The Balaban J connectivity index is 2.57. The van der Waals surface area contributed by atoms with Crippen LogP contribution in [0.4, 0.5) is 0 Å². The Morgan fingerprint density at radius 1 is 1.06 bits per heavy atom. The van der Waals surface area contributed by atoms with Crippen molar-refractivity contribution in [3.8, 4) is 5.69 Å². The quantitative estimate of drug-likeness (QED) is 0.614. The van der Waals surface area contributed by atoms with Gasteiger partial charge in [-0.05, 0) is 37.3 Å². The maximum atomic E-state index is 11.6. The molecule has 0 radical (unpaired) electrons. The van der Waals surface area contributed by atoms with Crippen molar-refractivity contribution in [1.82, 2.24) is 4.57 Å². The maximum absolute atomic E-state index is 11.6. The molecular formula is C14H13NO3. The summed E-state index contributed by atoms with van der Waals surface area (Å²) in [5.74, 6) is -0.541. The SMILES string of the molecule is COC(=O)c1cc(C(C)=O)cc(-n2cccc2)c1. The van der Waals surface area contributed by atoms with Crippen molar-refractivity contribution in [3.63, 3.8) is 0 Å². The van der Waals surface area contributed by atoms with Gasteiger partial charge in [0.2, 0.25) is 0 Å². The van der Waals surface area contributed by atoms with Gasteiger partial charge in [0.15, 0.2) is 5.78 Å². The van der Waals surface area contributed by atoms with E-state index in [0.29, 0.717) is 11.1 Å². The second-order valence-electron chi connectivity index (χ2n) is 3.91. The van der Waals surface area contributed by atoms with E-state index < -0.39 is 5.97 Å². The minimum Gasteiger partial charge on any atom is -0.465 e. The molecule has 1 aromatic carbocycles. The van der Waals surface area contributed by atoms with Crippen LogP contribution < -0.4 is 0 Å². The number of carbonyl (C=O) groups is 2. The summed E-state index contributed by atoms with van der Waals surface area (Å²) in [7, 11) is 1.32. The van der Waals surface area contributed by atoms with E-state index in [1.165, 1.54) is 14.0 Å². The van der Waals surface area contributed by atoms with Gasteiger partial charge in [-0.1, -0.05) is 0 Å². The van der Waals surface area contributed by atoms with Crippen LogP contribution in [0.3, 0.4) is 0 Å². The first-order chi connectivity index (χ1) is 8.61. The molecule has 0 saturated carbocycles. The first-order valence-corrected chi connectivity index (χ1v) is 5.49. The second kappa shape index (κ2) is 4.87. The second-order valence-corrected chi connectivity index (χ2v) is 3.91. The summed E-state index contributed by atoms with van der Waals surface area (Å²) in [4.78, 5) is 23.0. The Labute approximate surface area is 105 Å². The molecule has 2 rings (SSSR count). The van der Waals surface area contributed by atoms with Crippen molar-refractivity contribution in [2.75, 3.05) is 7.11 Å². The predicted octanol–water partition coefficient (Wildman–Crippen LogP) is 2.47. The number of benzene rings is 1. The molecule has 0 aliphatic heterocycles. The third-order valence-corrected chi connectivity index (χ3v) is 2.65. The average Bonchev–Trinajstić information content (AvgIpc) is 2.91. The summed E-state index contributed by atoms with van der Waals surface area (Å²) < 4.78 is 6.52. The fourth-order valence-electron chi connectivity index (χ4n) is 1.71. The average molecular weight is 243 g/mol. The first-order valence-electron chi connectivity index (χ1n) is 5.49. The number of ether oxygens (including phenoxy) is 1. The number of carbonyl (C=O) groups excluding carboxylic acids is 2. The van der Waals surface area contributed by atoms with Gasteiger partial charge in [-0.25, -0.2) is 4.79 Å². The topological polar surface area (TPSA) is 48.3 Å². The van der Waals surface area contributed by atoms with E-state index in [1.807, 2.05) is 29.1 Å². The number of Topliss-reactive ketones (excluding diaryl/α,β-unsaturated/α-hetero) is 1. The van der Waals surface area contributed by atoms with E-state index in [0.717, 1.165) is 5.69 Å². The molecule has 2 aromatic rings. The van der Waals surface area contributed by atoms with Gasteiger partial charge in [-0.3, -0.25) is 4.79 Å². The number of nitrogens with zero attached hydrogens (tertiary/aromatic N) is 1. The van der Waals surface area contributed by atoms with Gasteiger partial charge in [-0.15, -0.1) is 0 Å². The molecule has 0 fully saturated rings. The zero-order chi connectivity index (χ0) is 13.1. The zero-order valence-electron chi connectivity index (χ0n) is 10.2. The number of methoxy groups -OCH3 is 1. The highest BCUT2D eigenvalue weighted by Crippen LogP contribution is 2.16. The van der Waals surface area contributed by atoms with Crippen LogP contribution in [0.15, 0.2) is 42.7 Å². The fraction of sp³-hybridized carbons (Fsp3) is 0.143. The molecule has 92 valence electrons. The first kappa shape index (κ1) is 12.1. The van der Waals surface area contributed by atoms with Gasteiger partial charge in [-0.2, -0.15) is 0 Å². The maximum Gasteiger partial charge on any atom is 0.337 e. The molecule has 0 aliphatic carbocycles. The molecule has 0 unspecified atom stereocenters. The van der Waals surface area contributed by atoms with E-state index in [4.69, 9.17) is 0 Å². The van der Waals surface area contributed by atoms with Crippen molar-refractivity contribution in [3.05, 3.63) is 53.9 Å². The minimum absolute atomic E-state index is 0.0887. The lowest BCUT2D eigenvalue weighted by atomic mass is 10.1. The van der Waals surface area contributed by atoms with Crippen LogP contribution in [0, 0.1) is 0 Å². The van der Waals surface area contributed by atoms with Crippen molar-refractivity contribution in [1.29, 1.82) is 0 Å². The number of esters is 1. The standard InChI is InChI=1S/C14H13NO3/c1-10(16)11-7-12(14(17)18-2)9-13(8-11)15-5-3-4-6-15/h3-9H,1-2H3. The molecule has 0 aliphatic rings. The van der Waals surface area contributed by atoms with Crippen LogP contribution in [0.2, 0.25) is 0 Å². The molecule has 1 heterocycles. The van der Waals surface area contributed by atoms with E-state index in [1.54, 1.807) is 18.2 Å². The predicted molar refractivity (Wildman–Crippen MR) is 67.1 cm³/mol.